The van der Waals surface area contributed by atoms with Crippen LogP contribution in [0.2, 0.25) is 0 Å². The highest BCUT2D eigenvalue weighted by molar-refractivity contribution is 5.87. The molecule has 2 saturated heterocycles. The second kappa shape index (κ2) is 9.25. The van der Waals surface area contributed by atoms with Crippen LogP contribution in [0.15, 0.2) is 48.5 Å². The molecule has 1 unspecified atom stereocenters. The summed E-state index contributed by atoms with van der Waals surface area (Å²) in [6, 6.07) is 16.2. The summed E-state index contributed by atoms with van der Waals surface area (Å²) in [5.41, 5.74) is 3.02. The molecule has 0 spiro atoms. The van der Waals surface area contributed by atoms with Crippen LogP contribution in [0, 0.1) is 6.92 Å². The van der Waals surface area contributed by atoms with Crippen molar-refractivity contribution >= 4 is 28.4 Å². The van der Waals surface area contributed by atoms with Crippen LogP contribution in [0.25, 0.3) is 10.9 Å². The summed E-state index contributed by atoms with van der Waals surface area (Å²) >= 11 is 0. The summed E-state index contributed by atoms with van der Waals surface area (Å²) in [7, 11) is 0. The number of fused-ring (bicyclic) bond motifs is 1. The van der Waals surface area contributed by atoms with Crippen molar-refractivity contribution in [3.05, 3.63) is 54.2 Å². The van der Waals surface area contributed by atoms with Gasteiger partial charge in [-0.25, -0.2) is 9.97 Å². The number of rotatable bonds is 5. The molecule has 33 heavy (non-hydrogen) atoms. The smallest absolute Gasteiger partial charge is 0.245 e. The summed E-state index contributed by atoms with van der Waals surface area (Å²) in [6.07, 6.45) is 1.82. The Kier molecular flexibility index (Phi) is 6.03. The quantitative estimate of drug-likeness (QED) is 0.597. The van der Waals surface area contributed by atoms with Gasteiger partial charge in [-0.15, -0.1) is 0 Å². The summed E-state index contributed by atoms with van der Waals surface area (Å²) in [4.78, 5) is 29.6. The minimum Gasteiger partial charge on any atom is -0.494 e. The first-order valence-electron chi connectivity index (χ1n) is 11.9. The maximum atomic E-state index is 13.5. The van der Waals surface area contributed by atoms with Gasteiger partial charge in [-0.05, 0) is 57.0 Å². The van der Waals surface area contributed by atoms with Gasteiger partial charge in [-0.2, -0.15) is 0 Å². The molecule has 0 N–H and O–H groups in total. The molecule has 1 amide bonds. The van der Waals surface area contributed by atoms with Gasteiger partial charge in [0.05, 0.1) is 17.8 Å². The summed E-state index contributed by atoms with van der Waals surface area (Å²) in [6.45, 7) is 8.61. The molecule has 1 aromatic heterocycles. The Morgan fingerprint density at radius 3 is 2.58 bits per heavy atom. The molecule has 2 fully saturated rings. The average Bonchev–Trinajstić information content (AvgIpc) is 3.35. The molecule has 7 heteroatoms. The molecule has 1 atom stereocenters. The summed E-state index contributed by atoms with van der Waals surface area (Å²) in [5.74, 6) is 1.68. The molecule has 0 radical (unpaired) electrons. The van der Waals surface area contributed by atoms with Crippen molar-refractivity contribution in [3.63, 3.8) is 0 Å². The third kappa shape index (κ3) is 4.32. The van der Waals surface area contributed by atoms with Gasteiger partial charge in [0, 0.05) is 43.8 Å². The van der Waals surface area contributed by atoms with Gasteiger partial charge >= 0.3 is 0 Å². The number of aryl methyl sites for hydroxylation is 1. The van der Waals surface area contributed by atoms with Gasteiger partial charge in [0.15, 0.2) is 0 Å². The van der Waals surface area contributed by atoms with Crippen LogP contribution in [-0.2, 0) is 4.79 Å². The van der Waals surface area contributed by atoms with E-state index in [-0.39, 0.29) is 11.9 Å². The fraction of sp³-hybridized carbons (Fsp3) is 0.423. The maximum absolute atomic E-state index is 13.5. The molecule has 5 rings (SSSR count). The van der Waals surface area contributed by atoms with Crippen LogP contribution in [0.4, 0.5) is 11.6 Å². The van der Waals surface area contributed by atoms with E-state index in [4.69, 9.17) is 14.7 Å². The predicted octanol–water partition coefficient (Wildman–Crippen LogP) is 3.65. The lowest BCUT2D eigenvalue weighted by molar-refractivity contribution is -0.132. The van der Waals surface area contributed by atoms with Crippen molar-refractivity contribution in [3.8, 4) is 5.75 Å². The fourth-order valence-electron chi connectivity index (χ4n) is 4.93. The third-order valence-corrected chi connectivity index (χ3v) is 6.66. The third-order valence-electron chi connectivity index (χ3n) is 6.66. The zero-order chi connectivity index (χ0) is 22.8. The van der Waals surface area contributed by atoms with Crippen LogP contribution in [0.1, 0.15) is 25.5 Å². The first kappa shape index (κ1) is 21.5. The Hall–Kier alpha value is -3.35. The van der Waals surface area contributed by atoms with E-state index in [2.05, 4.69) is 34.1 Å². The predicted molar refractivity (Wildman–Crippen MR) is 131 cm³/mol. The summed E-state index contributed by atoms with van der Waals surface area (Å²) < 4.78 is 5.63. The first-order chi connectivity index (χ1) is 16.1. The van der Waals surface area contributed by atoms with E-state index in [1.165, 1.54) is 5.69 Å². The van der Waals surface area contributed by atoms with Crippen LogP contribution < -0.4 is 14.5 Å². The zero-order valence-electron chi connectivity index (χ0n) is 19.4. The Morgan fingerprint density at radius 2 is 1.82 bits per heavy atom. The minimum absolute atomic E-state index is 0.187. The molecule has 0 bridgehead atoms. The lowest BCUT2D eigenvalue weighted by Gasteiger charge is -2.38. The number of hydrogen-bond donors (Lipinski definition) is 0. The number of amides is 1. The number of hydrogen-bond acceptors (Lipinski definition) is 6. The molecule has 3 heterocycles. The van der Waals surface area contributed by atoms with Gasteiger partial charge < -0.3 is 19.4 Å². The monoisotopic (exact) mass is 445 g/mol. The Morgan fingerprint density at radius 1 is 1.03 bits per heavy atom. The molecule has 2 aliphatic heterocycles. The molecule has 2 aromatic carbocycles. The Labute approximate surface area is 195 Å². The van der Waals surface area contributed by atoms with Gasteiger partial charge in [0.2, 0.25) is 11.9 Å². The lowest BCUT2D eigenvalue weighted by atomic mass is 10.1. The highest BCUT2D eigenvalue weighted by Gasteiger charge is 2.36. The van der Waals surface area contributed by atoms with Crippen LogP contribution in [-0.4, -0.2) is 66.1 Å². The molecule has 172 valence electrons. The Bertz CT molecular complexity index is 1130. The number of piperazine rings is 1. The van der Waals surface area contributed by atoms with Crippen molar-refractivity contribution in [1.82, 2.24) is 14.9 Å². The van der Waals surface area contributed by atoms with Crippen LogP contribution >= 0.6 is 0 Å². The van der Waals surface area contributed by atoms with E-state index in [1.54, 1.807) is 0 Å². The molecule has 0 saturated carbocycles. The van der Waals surface area contributed by atoms with E-state index in [0.29, 0.717) is 12.6 Å². The van der Waals surface area contributed by atoms with Gasteiger partial charge in [-0.3, -0.25) is 4.79 Å². The largest absolute Gasteiger partial charge is 0.494 e. The van der Waals surface area contributed by atoms with Gasteiger partial charge in [0.25, 0.3) is 0 Å². The van der Waals surface area contributed by atoms with E-state index in [1.807, 2.05) is 43.0 Å². The molecule has 3 aromatic rings. The molecular formula is C26H31N5O2. The van der Waals surface area contributed by atoms with E-state index >= 15 is 0 Å². The SMILES string of the molecule is CCOc1ccc2nc(N3CCCC3C(=O)N3CCN(c4ccccc4)CC3)nc(C)c2c1. The molecular weight excluding hydrogens is 414 g/mol. The van der Waals surface area contributed by atoms with Gasteiger partial charge in [-0.1, -0.05) is 18.2 Å². The van der Waals surface area contributed by atoms with Gasteiger partial charge in [0.1, 0.15) is 11.8 Å². The van der Waals surface area contributed by atoms with E-state index in [9.17, 15) is 4.79 Å². The highest BCUT2D eigenvalue weighted by Crippen LogP contribution is 2.29. The van der Waals surface area contributed by atoms with Crippen molar-refractivity contribution in [2.45, 2.75) is 32.7 Å². The van der Waals surface area contributed by atoms with Crippen molar-refractivity contribution in [2.24, 2.45) is 0 Å². The number of ether oxygens (including phenoxy) is 1. The molecule has 0 aliphatic carbocycles. The topological polar surface area (TPSA) is 61.8 Å². The number of nitrogens with zero attached hydrogens (tertiary/aromatic N) is 5. The average molecular weight is 446 g/mol. The molecule has 7 nitrogen and oxygen atoms in total. The number of para-hydroxylation sites is 1. The second-order valence-electron chi connectivity index (χ2n) is 8.72. The van der Waals surface area contributed by atoms with Crippen LogP contribution in [0.3, 0.4) is 0 Å². The van der Waals surface area contributed by atoms with Crippen LogP contribution in [0.5, 0.6) is 5.75 Å². The highest BCUT2D eigenvalue weighted by atomic mass is 16.5. The Balaban J connectivity index is 1.31. The van der Waals surface area contributed by atoms with E-state index < -0.39 is 0 Å². The number of benzene rings is 2. The number of carbonyl (C=O) groups is 1. The fourth-order valence-corrected chi connectivity index (χ4v) is 4.93. The second-order valence-corrected chi connectivity index (χ2v) is 8.72. The standard InChI is InChI=1S/C26H31N5O2/c1-3-33-21-11-12-23-22(18-21)19(2)27-26(28-23)31-13-7-10-24(31)25(32)30-16-14-29(15-17-30)20-8-5-4-6-9-20/h4-6,8-9,11-12,18,24H,3,7,10,13-17H2,1-2H3. The zero-order valence-corrected chi connectivity index (χ0v) is 19.4. The minimum atomic E-state index is -0.187. The van der Waals surface area contributed by atoms with Crippen molar-refractivity contribution in [2.75, 3.05) is 49.1 Å². The lowest BCUT2D eigenvalue weighted by Crippen LogP contribution is -2.54. The number of carbonyl (C=O) groups excluding carboxylic acids is 1. The number of anilines is 2. The first-order valence-corrected chi connectivity index (χ1v) is 11.9. The number of aromatic nitrogens is 2. The normalized spacial score (nSPS) is 18.7. The van der Waals surface area contributed by atoms with E-state index in [0.717, 1.165) is 67.9 Å². The maximum Gasteiger partial charge on any atom is 0.245 e. The molecule has 2 aliphatic rings. The summed E-state index contributed by atoms with van der Waals surface area (Å²) in [5, 5.41) is 0.990. The van der Waals surface area contributed by atoms with Crippen molar-refractivity contribution in [1.29, 1.82) is 0 Å². The van der Waals surface area contributed by atoms with Crippen molar-refractivity contribution < 1.29 is 9.53 Å².